The maximum Gasteiger partial charge on any atom is 0.126 e. The Balaban J connectivity index is 2.80. The van der Waals surface area contributed by atoms with E-state index in [1.807, 2.05) is 6.07 Å². The molecule has 2 aromatic carbocycles. The average molecular weight is 264 g/mol. The molecule has 0 saturated carbocycles. The van der Waals surface area contributed by atoms with Crippen LogP contribution in [0.3, 0.4) is 0 Å². The summed E-state index contributed by atoms with van der Waals surface area (Å²) in [5.74, 6) is 1.81. The molecule has 0 atom stereocenters. The van der Waals surface area contributed by atoms with Gasteiger partial charge in [0.05, 0.1) is 14.2 Å². The van der Waals surface area contributed by atoms with E-state index in [1.165, 1.54) is 10.3 Å². The summed E-state index contributed by atoms with van der Waals surface area (Å²) in [6.07, 6.45) is 6.90. The van der Waals surface area contributed by atoms with Gasteiger partial charge in [0.25, 0.3) is 0 Å². The van der Waals surface area contributed by atoms with Gasteiger partial charge in [-0.2, -0.15) is 0 Å². The van der Waals surface area contributed by atoms with Gasteiger partial charge in [-0.05, 0) is 54.0 Å². The molecule has 0 fully saturated rings. The smallest absolute Gasteiger partial charge is 0.126 e. The van der Waals surface area contributed by atoms with Crippen molar-refractivity contribution in [1.29, 1.82) is 0 Å². The van der Waals surface area contributed by atoms with Crippen LogP contribution < -0.4 is 9.47 Å². The molecule has 0 saturated heterocycles. The monoisotopic (exact) mass is 264 g/mol. The third kappa shape index (κ3) is 2.27. The highest BCUT2D eigenvalue weighted by Gasteiger charge is 2.15. The molecular weight excluding hydrogens is 244 g/mol. The summed E-state index contributed by atoms with van der Waals surface area (Å²) in [4.78, 5) is 1.39. The van der Waals surface area contributed by atoms with Crippen molar-refractivity contribution < 1.29 is 9.47 Å². The second kappa shape index (κ2) is 4.73. The zero-order valence-corrected chi connectivity index (χ0v) is 12.4. The third-order valence-electron chi connectivity index (χ3n) is 3.02. The Kier molecular flexibility index (Phi) is 3.44. The lowest BCUT2D eigenvalue weighted by molar-refractivity contribution is 0.414. The molecular formula is C15H20O2S. The number of hydrogen-bond acceptors (Lipinski definition) is 2. The predicted octanol–water partition coefficient (Wildman–Crippen LogP) is 3.91. The van der Waals surface area contributed by atoms with Crippen LogP contribution in [-0.4, -0.2) is 33.0 Å². The normalized spacial score (nSPS) is 12.5. The number of methoxy groups -OCH3 is 2. The van der Waals surface area contributed by atoms with Gasteiger partial charge in [-0.1, -0.05) is 0 Å². The third-order valence-corrected chi connectivity index (χ3v) is 4.70. The molecule has 0 spiro atoms. The molecule has 0 aliphatic carbocycles. The van der Waals surface area contributed by atoms with Gasteiger partial charge in [0.2, 0.25) is 0 Å². The molecule has 0 N–H and O–H groups in total. The Morgan fingerprint density at radius 1 is 0.833 bits per heavy atom. The molecule has 3 heteroatoms. The summed E-state index contributed by atoms with van der Waals surface area (Å²) in [6.45, 7) is 0. The summed E-state index contributed by atoms with van der Waals surface area (Å²) >= 11 is 0. The van der Waals surface area contributed by atoms with Gasteiger partial charge in [0.15, 0.2) is 0 Å². The molecule has 2 nitrogen and oxygen atoms in total. The molecule has 0 radical (unpaired) electrons. The highest BCUT2D eigenvalue weighted by Crippen LogP contribution is 2.50. The van der Waals surface area contributed by atoms with Crippen molar-refractivity contribution in [1.82, 2.24) is 0 Å². The van der Waals surface area contributed by atoms with E-state index in [4.69, 9.17) is 9.47 Å². The number of benzene rings is 2. The van der Waals surface area contributed by atoms with Crippen molar-refractivity contribution in [2.75, 3.05) is 33.0 Å². The summed E-state index contributed by atoms with van der Waals surface area (Å²) in [7, 11) is 2.62. The van der Waals surface area contributed by atoms with E-state index in [0.717, 1.165) is 16.9 Å². The molecule has 0 unspecified atom stereocenters. The lowest BCUT2D eigenvalue weighted by Gasteiger charge is -2.28. The summed E-state index contributed by atoms with van der Waals surface area (Å²) < 4.78 is 10.8. The van der Waals surface area contributed by atoms with Crippen LogP contribution >= 0.6 is 10.0 Å². The zero-order chi connectivity index (χ0) is 13.3. The number of hydrogen-bond donors (Lipinski definition) is 0. The van der Waals surface area contributed by atoms with Crippen LogP contribution in [-0.2, 0) is 0 Å². The van der Waals surface area contributed by atoms with Crippen LogP contribution in [0.25, 0.3) is 10.8 Å². The first-order valence-electron chi connectivity index (χ1n) is 5.80. The topological polar surface area (TPSA) is 18.5 Å². The molecule has 2 aromatic rings. The van der Waals surface area contributed by atoms with Crippen molar-refractivity contribution in [2.24, 2.45) is 0 Å². The molecule has 0 aromatic heterocycles. The van der Waals surface area contributed by atoms with E-state index < -0.39 is 10.0 Å². The number of ether oxygens (including phenoxy) is 2. The highest BCUT2D eigenvalue weighted by molar-refractivity contribution is 8.32. The van der Waals surface area contributed by atoms with Crippen LogP contribution in [0.5, 0.6) is 11.5 Å². The predicted molar refractivity (Wildman–Crippen MR) is 80.7 cm³/mol. The minimum atomic E-state index is -0.790. The molecule has 0 bridgehead atoms. The van der Waals surface area contributed by atoms with E-state index in [1.54, 1.807) is 14.2 Å². The first kappa shape index (κ1) is 13.1. The van der Waals surface area contributed by atoms with Gasteiger partial charge in [-0.3, -0.25) is 0 Å². The molecule has 0 aliphatic rings. The summed E-state index contributed by atoms with van der Waals surface area (Å²) in [5, 5.41) is 2.38. The average Bonchev–Trinajstić information content (AvgIpc) is 2.35. The van der Waals surface area contributed by atoms with Crippen molar-refractivity contribution in [3.05, 3.63) is 30.3 Å². The number of fused-ring (bicyclic) bond motifs is 1. The van der Waals surface area contributed by atoms with Crippen LogP contribution in [0, 0.1) is 0 Å². The summed E-state index contributed by atoms with van der Waals surface area (Å²) in [6, 6.07) is 10.4. The van der Waals surface area contributed by atoms with Gasteiger partial charge in [-0.25, -0.2) is 10.0 Å². The molecule has 98 valence electrons. The fraction of sp³-hybridized carbons (Fsp3) is 0.333. The Hall–Kier alpha value is -1.35. The van der Waals surface area contributed by atoms with Crippen molar-refractivity contribution in [2.45, 2.75) is 4.90 Å². The highest BCUT2D eigenvalue weighted by atomic mass is 32.3. The zero-order valence-electron chi connectivity index (χ0n) is 11.6. The van der Waals surface area contributed by atoms with Crippen LogP contribution in [0.2, 0.25) is 0 Å². The maximum atomic E-state index is 5.44. The quantitative estimate of drug-likeness (QED) is 0.837. The second-order valence-corrected chi connectivity index (χ2v) is 9.13. The number of rotatable bonds is 3. The fourth-order valence-electron chi connectivity index (χ4n) is 2.11. The van der Waals surface area contributed by atoms with E-state index in [-0.39, 0.29) is 0 Å². The van der Waals surface area contributed by atoms with E-state index in [0.29, 0.717) is 0 Å². The first-order valence-corrected chi connectivity index (χ1v) is 8.66. The van der Waals surface area contributed by atoms with Gasteiger partial charge in [-0.15, -0.1) is 0 Å². The van der Waals surface area contributed by atoms with E-state index in [2.05, 4.69) is 43.0 Å². The van der Waals surface area contributed by atoms with Crippen molar-refractivity contribution in [3.8, 4) is 11.5 Å². The van der Waals surface area contributed by atoms with Crippen LogP contribution in [0.4, 0.5) is 0 Å². The molecule has 0 amide bonds. The second-order valence-electron chi connectivity index (χ2n) is 5.01. The maximum absolute atomic E-state index is 5.44. The lowest BCUT2D eigenvalue weighted by atomic mass is 10.1. The van der Waals surface area contributed by atoms with Crippen LogP contribution in [0.1, 0.15) is 0 Å². The van der Waals surface area contributed by atoms with Gasteiger partial charge in [0, 0.05) is 10.8 Å². The Bertz CT molecular complexity index is 570. The fourth-order valence-corrected chi connectivity index (χ4v) is 3.42. The Labute approximate surface area is 110 Å². The van der Waals surface area contributed by atoms with E-state index in [9.17, 15) is 0 Å². The molecule has 18 heavy (non-hydrogen) atoms. The Morgan fingerprint density at radius 3 is 2.11 bits per heavy atom. The van der Waals surface area contributed by atoms with Gasteiger partial charge >= 0.3 is 0 Å². The van der Waals surface area contributed by atoms with E-state index >= 15 is 0 Å². The molecule has 2 rings (SSSR count). The molecule has 0 heterocycles. The van der Waals surface area contributed by atoms with Gasteiger partial charge < -0.3 is 9.47 Å². The van der Waals surface area contributed by atoms with Crippen molar-refractivity contribution >= 4 is 20.8 Å². The molecule has 0 aliphatic heterocycles. The first-order chi connectivity index (χ1) is 8.47. The summed E-state index contributed by atoms with van der Waals surface area (Å²) in [5.41, 5.74) is 0. The van der Waals surface area contributed by atoms with Crippen molar-refractivity contribution in [3.63, 3.8) is 0 Å². The lowest BCUT2D eigenvalue weighted by Crippen LogP contribution is -1.96. The SMILES string of the molecule is COc1ccc2c(OC)ccc(S(C)(C)C)c2c1. The van der Waals surface area contributed by atoms with Gasteiger partial charge in [0.1, 0.15) is 11.5 Å². The largest absolute Gasteiger partial charge is 0.497 e. The van der Waals surface area contributed by atoms with Crippen LogP contribution in [0.15, 0.2) is 35.2 Å². The Morgan fingerprint density at radius 2 is 1.56 bits per heavy atom. The standard InChI is InChI=1S/C15H20O2S/c1-16-11-6-7-12-13(10-11)15(18(3,4)5)9-8-14(12)17-2/h6-10H,1-5H3. The minimum Gasteiger partial charge on any atom is -0.497 e. The minimum absolute atomic E-state index is 0.790.